The Labute approximate surface area is 204 Å². The highest BCUT2D eigenvalue weighted by Gasteiger charge is 2.44. The molecule has 1 unspecified atom stereocenters. The summed E-state index contributed by atoms with van der Waals surface area (Å²) in [6.07, 6.45) is 2.18. The Kier molecular flexibility index (Phi) is 7.33. The van der Waals surface area contributed by atoms with Gasteiger partial charge in [0.05, 0.1) is 5.75 Å². The van der Waals surface area contributed by atoms with E-state index in [0.717, 1.165) is 50.1 Å². The number of anilines is 1. The molecule has 4 rings (SSSR count). The fourth-order valence-electron chi connectivity index (χ4n) is 5.27. The van der Waals surface area contributed by atoms with E-state index < -0.39 is 10.0 Å². The molecule has 1 amide bonds. The molecule has 184 valence electrons. The van der Waals surface area contributed by atoms with Crippen LogP contribution in [-0.2, 0) is 27.1 Å². The normalized spacial score (nSPS) is 20.7. The highest BCUT2D eigenvalue weighted by Crippen LogP contribution is 2.41. The number of likely N-dealkylation sites (tertiary alicyclic amines) is 1. The van der Waals surface area contributed by atoms with Crippen molar-refractivity contribution in [1.29, 1.82) is 0 Å². The standard InChI is InChI=1S/C27H37N3O3S/c1-22(2)17-30(34(32,33)19-25-7-5-4-6-8-25)18-24-9-11-26(12-10-24)29-16-14-27(21-29)13-15-28(20-27)23(3)31/h4-12,22H,13-21H2,1-3H3. The van der Waals surface area contributed by atoms with Crippen molar-refractivity contribution in [2.75, 3.05) is 37.6 Å². The smallest absolute Gasteiger partial charge is 0.219 e. The van der Waals surface area contributed by atoms with Crippen molar-refractivity contribution in [3.05, 3.63) is 65.7 Å². The summed E-state index contributed by atoms with van der Waals surface area (Å²) in [6, 6.07) is 17.7. The second-order valence-electron chi connectivity index (χ2n) is 10.5. The summed E-state index contributed by atoms with van der Waals surface area (Å²) in [6.45, 7) is 10.3. The first-order valence-corrected chi connectivity index (χ1v) is 13.9. The largest absolute Gasteiger partial charge is 0.371 e. The van der Waals surface area contributed by atoms with E-state index in [1.54, 1.807) is 11.2 Å². The zero-order valence-corrected chi connectivity index (χ0v) is 21.4. The highest BCUT2D eigenvalue weighted by molar-refractivity contribution is 7.88. The van der Waals surface area contributed by atoms with Gasteiger partial charge in [0.2, 0.25) is 15.9 Å². The molecule has 2 aromatic rings. The van der Waals surface area contributed by atoms with Crippen LogP contribution in [0.3, 0.4) is 0 Å². The van der Waals surface area contributed by atoms with Gasteiger partial charge in [0.1, 0.15) is 0 Å². The van der Waals surface area contributed by atoms with Crippen LogP contribution in [-0.4, -0.2) is 56.3 Å². The number of amides is 1. The average molecular weight is 484 g/mol. The van der Waals surface area contributed by atoms with E-state index in [2.05, 4.69) is 29.2 Å². The maximum atomic E-state index is 13.2. The second-order valence-corrected chi connectivity index (χ2v) is 12.4. The monoisotopic (exact) mass is 483 g/mol. The van der Waals surface area contributed by atoms with Crippen molar-refractivity contribution in [3.63, 3.8) is 0 Å². The maximum absolute atomic E-state index is 13.2. The molecule has 34 heavy (non-hydrogen) atoms. The van der Waals surface area contributed by atoms with E-state index in [9.17, 15) is 13.2 Å². The predicted octanol–water partition coefficient (Wildman–Crippen LogP) is 4.12. The lowest BCUT2D eigenvalue weighted by molar-refractivity contribution is -0.128. The third-order valence-electron chi connectivity index (χ3n) is 7.14. The Morgan fingerprint density at radius 3 is 2.26 bits per heavy atom. The third kappa shape index (κ3) is 5.81. The highest BCUT2D eigenvalue weighted by atomic mass is 32.2. The summed E-state index contributed by atoms with van der Waals surface area (Å²) >= 11 is 0. The van der Waals surface area contributed by atoms with Gasteiger partial charge >= 0.3 is 0 Å². The molecule has 2 aromatic carbocycles. The molecule has 0 N–H and O–H groups in total. The zero-order chi connectivity index (χ0) is 24.3. The minimum Gasteiger partial charge on any atom is -0.371 e. The lowest BCUT2D eigenvalue weighted by atomic mass is 9.86. The first-order chi connectivity index (χ1) is 16.2. The summed E-state index contributed by atoms with van der Waals surface area (Å²) in [5, 5.41) is 0. The van der Waals surface area contributed by atoms with E-state index in [4.69, 9.17) is 0 Å². The Bertz CT molecular complexity index is 1090. The van der Waals surface area contributed by atoms with Crippen molar-refractivity contribution in [2.45, 2.75) is 45.9 Å². The van der Waals surface area contributed by atoms with Crippen LogP contribution in [0.1, 0.15) is 44.7 Å². The number of carbonyl (C=O) groups is 1. The van der Waals surface area contributed by atoms with Gasteiger partial charge < -0.3 is 9.80 Å². The molecule has 0 saturated carbocycles. The minimum atomic E-state index is -3.43. The van der Waals surface area contributed by atoms with E-state index in [-0.39, 0.29) is 23.0 Å². The number of nitrogens with zero attached hydrogens (tertiary/aromatic N) is 3. The van der Waals surface area contributed by atoms with Gasteiger partial charge in [-0.05, 0) is 42.0 Å². The van der Waals surface area contributed by atoms with Gasteiger partial charge in [0, 0.05) is 57.3 Å². The van der Waals surface area contributed by atoms with Crippen molar-refractivity contribution in [1.82, 2.24) is 9.21 Å². The number of rotatable bonds is 8. The van der Waals surface area contributed by atoms with Crippen LogP contribution in [0.15, 0.2) is 54.6 Å². The van der Waals surface area contributed by atoms with Crippen molar-refractivity contribution < 1.29 is 13.2 Å². The fourth-order valence-corrected chi connectivity index (χ4v) is 6.94. The van der Waals surface area contributed by atoms with Crippen molar-refractivity contribution in [3.8, 4) is 0 Å². The van der Waals surface area contributed by atoms with Crippen LogP contribution < -0.4 is 4.90 Å². The van der Waals surface area contributed by atoms with Crippen molar-refractivity contribution in [2.24, 2.45) is 11.3 Å². The lowest BCUT2D eigenvalue weighted by Crippen LogP contribution is -2.34. The summed E-state index contributed by atoms with van der Waals surface area (Å²) in [7, 11) is -3.43. The number of sulfonamides is 1. The van der Waals surface area contributed by atoms with E-state index in [1.807, 2.05) is 49.1 Å². The van der Waals surface area contributed by atoms with Gasteiger partial charge in [0.15, 0.2) is 0 Å². The summed E-state index contributed by atoms with van der Waals surface area (Å²) < 4.78 is 28.1. The second kappa shape index (κ2) is 10.1. The van der Waals surface area contributed by atoms with Crippen LogP contribution in [0.25, 0.3) is 0 Å². The van der Waals surface area contributed by atoms with E-state index in [1.165, 1.54) is 5.69 Å². The average Bonchev–Trinajstić information content (AvgIpc) is 3.41. The molecule has 2 aliphatic rings. The quantitative estimate of drug-likeness (QED) is 0.567. The topological polar surface area (TPSA) is 60.9 Å². The first-order valence-electron chi connectivity index (χ1n) is 12.3. The van der Waals surface area contributed by atoms with Crippen molar-refractivity contribution >= 4 is 21.6 Å². The minimum absolute atomic E-state index is 0.0196. The molecular formula is C27H37N3O3S. The summed E-state index contributed by atoms with van der Waals surface area (Å²) in [5.74, 6) is 0.436. The van der Waals surface area contributed by atoms with Gasteiger partial charge in [-0.3, -0.25) is 4.79 Å². The molecule has 7 heteroatoms. The fraction of sp³-hybridized carbons (Fsp3) is 0.519. The van der Waals surface area contributed by atoms with Gasteiger partial charge in [-0.15, -0.1) is 0 Å². The molecule has 2 saturated heterocycles. The third-order valence-corrected chi connectivity index (χ3v) is 8.90. The molecular weight excluding hydrogens is 446 g/mol. The zero-order valence-electron chi connectivity index (χ0n) is 20.6. The summed E-state index contributed by atoms with van der Waals surface area (Å²) in [5.41, 5.74) is 3.19. The van der Waals surface area contributed by atoms with Gasteiger partial charge in [0.25, 0.3) is 0 Å². The van der Waals surface area contributed by atoms with Crippen LogP contribution in [0.2, 0.25) is 0 Å². The summed E-state index contributed by atoms with van der Waals surface area (Å²) in [4.78, 5) is 16.2. The maximum Gasteiger partial charge on any atom is 0.219 e. The van der Waals surface area contributed by atoms with E-state index in [0.29, 0.717) is 13.1 Å². The molecule has 0 radical (unpaired) electrons. The molecule has 2 aliphatic heterocycles. The van der Waals surface area contributed by atoms with Gasteiger partial charge in [-0.2, -0.15) is 4.31 Å². The molecule has 6 nitrogen and oxygen atoms in total. The first kappa shape index (κ1) is 24.7. The number of hydrogen-bond acceptors (Lipinski definition) is 4. The number of benzene rings is 2. The molecule has 1 spiro atoms. The van der Waals surface area contributed by atoms with Crippen LogP contribution in [0, 0.1) is 11.3 Å². The molecule has 2 heterocycles. The van der Waals surface area contributed by atoms with E-state index >= 15 is 0 Å². The Hall–Kier alpha value is -2.38. The Morgan fingerprint density at radius 2 is 1.65 bits per heavy atom. The number of carbonyl (C=O) groups excluding carboxylic acids is 1. The molecule has 1 atom stereocenters. The molecule has 0 aromatic heterocycles. The Morgan fingerprint density at radius 1 is 0.971 bits per heavy atom. The van der Waals surface area contributed by atoms with Gasteiger partial charge in [-0.1, -0.05) is 56.3 Å². The Balaban J connectivity index is 1.42. The van der Waals surface area contributed by atoms with Crippen LogP contribution in [0.4, 0.5) is 5.69 Å². The molecule has 0 bridgehead atoms. The number of hydrogen-bond donors (Lipinski definition) is 0. The van der Waals surface area contributed by atoms with Gasteiger partial charge in [-0.25, -0.2) is 8.42 Å². The molecule has 2 fully saturated rings. The molecule has 0 aliphatic carbocycles. The predicted molar refractivity (Wildman–Crippen MR) is 137 cm³/mol. The lowest BCUT2D eigenvalue weighted by Gasteiger charge is -2.26. The van der Waals surface area contributed by atoms with Crippen LogP contribution >= 0.6 is 0 Å². The van der Waals surface area contributed by atoms with Crippen LogP contribution in [0.5, 0.6) is 0 Å². The SMILES string of the molecule is CC(=O)N1CCC2(CCN(c3ccc(CN(CC(C)C)S(=O)(=O)Cc4ccccc4)cc3)C2)C1.